The Morgan fingerprint density at radius 2 is 1.68 bits per heavy atom. The number of hydrogen-bond donors (Lipinski definition) is 1. The van der Waals surface area contributed by atoms with E-state index in [0.29, 0.717) is 39.1 Å². The fraction of sp³-hybridized carbons (Fsp3) is 0.440. The van der Waals surface area contributed by atoms with Crippen molar-refractivity contribution in [1.82, 2.24) is 9.80 Å². The molecule has 2 aliphatic heterocycles. The van der Waals surface area contributed by atoms with E-state index in [1.807, 2.05) is 71.3 Å². The maximum Gasteiger partial charge on any atom is 0.254 e. The Labute approximate surface area is 183 Å². The molecule has 1 N–H and O–H groups in total. The summed E-state index contributed by atoms with van der Waals surface area (Å²) in [6, 6.07) is 17.1. The first-order valence-corrected chi connectivity index (χ1v) is 11.0. The number of piperidine rings is 1. The lowest BCUT2D eigenvalue weighted by molar-refractivity contribution is -0.155. The van der Waals surface area contributed by atoms with Crippen molar-refractivity contribution >= 4 is 11.8 Å². The molecule has 2 amide bonds. The molecule has 0 unspecified atom stereocenters. The van der Waals surface area contributed by atoms with Crippen LogP contribution in [0.1, 0.15) is 40.4 Å². The second-order valence-electron chi connectivity index (χ2n) is 8.36. The third kappa shape index (κ3) is 4.50. The minimum absolute atomic E-state index is 0.0397. The summed E-state index contributed by atoms with van der Waals surface area (Å²) in [6.07, 6.45) is 0.876. The highest BCUT2D eigenvalue weighted by atomic mass is 16.5. The second-order valence-corrected chi connectivity index (χ2v) is 8.36. The van der Waals surface area contributed by atoms with E-state index in [4.69, 9.17) is 4.74 Å². The summed E-state index contributed by atoms with van der Waals surface area (Å²) in [4.78, 5) is 30.1. The molecule has 0 aliphatic carbocycles. The number of benzene rings is 2. The first-order valence-electron chi connectivity index (χ1n) is 11.0. The van der Waals surface area contributed by atoms with Crippen molar-refractivity contribution in [1.29, 1.82) is 0 Å². The van der Waals surface area contributed by atoms with Gasteiger partial charge < -0.3 is 19.6 Å². The number of nitrogens with zero attached hydrogens (tertiary/aromatic N) is 2. The number of carbonyl (C=O) groups is 2. The van der Waals surface area contributed by atoms with Crippen molar-refractivity contribution in [3.05, 3.63) is 71.3 Å². The number of aliphatic hydroxyl groups is 1. The standard InChI is InChI=1S/C25H30N2O4/c1-18-7-5-6-10-21(18)25(30)26-13-11-20(12-14-26)24(29)27-15-16-31-22(17-28)23(27)19-8-3-2-4-9-19/h2-10,20,22-23,28H,11-17H2,1H3/t22-,23-/m1/s1. The van der Waals surface area contributed by atoms with Crippen LogP contribution in [-0.2, 0) is 9.53 Å². The van der Waals surface area contributed by atoms with Crippen molar-refractivity contribution in [2.24, 2.45) is 5.92 Å². The van der Waals surface area contributed by atoms with Gasteiger partial charge in [0.15, 0.2) is 0 Å². The van der Waals surface area contributed by atoms with Crippen LogP contribution in [0.15, 0.2) is 54.6 Å². The van der Waals surface area contributed by atoms with Gasteiger partial charge in [0.25, 0.3) is 5.91 Å². The van der Waals surface area contributed by atoms with Crippen LogP contribution in [-0.4, -0.2) is 65.7 Å². The first kappa shape index (κ1) is 21.5. The summed E-state index contributed by atoms with van der Waals surface area (Å²) < 4.78 is 5.77. The summed E-state index contributed by atoms with van der Waals surface area (Å²) in [7, 11) is 0. The summed E-state index contributed by atoms with van der Waals surface area (Å²) in [6.45, 7) is 3.90. The van der Waals surface area contributed by atoms with Crippen LogP contribution in [0.2, 0.25) is 0 Å². The third-order valence-corrected chi connectivity index (χ3v) is 6.46. The highest BCUT2D eigenvalue weighted by Gasteiger charge is 2.39. The molecule has 0 bridgehead atoms. The Hall–Kier alpha value is -2.70. The molecule has 0 aromatic heterocycles. The van der Waals surface area contributed by atoms with Crippen molar-refractivity contribution in [2.45, 2.75) is 31.9 Å². The van der Waals surface area contributed by atoms with Gasteiger partial charge in [-0.15, -0.1) is 0 Å². The van der Waals surface area contributed by atoms with Crippen molar-refractivity contribution in [3.63, 3.8) is 0 Å². The topological polar surface area (TPSA) is 70.1 Å². The van der Waals surface area contributed by atoms with E-state index in [9.17, 15) is 14.7 Å². The molecule has 4 rings (SSSR count). The fourth-order valence-corrected chi connectivity index (χ4v) is 4.73. The highest BCUT2D eigenvalue weighted by Crippen LogP contribution is 2.32. The minimum atomic E-state index is -0.428. The van der Waals surface area contributed by atoms with Gasteiger partial charge in [-0.3, -0.25) is 9.59 Å². The van der Waals surface area contributed by atoms with Crippen LogP contribution in [0.4, 0.5) is 0 Å². The average molecular weight is 423 g/mol. The fourth-order valence-electron chi connectivity index (χ4n) is 4.73. The SMILES string of the molecule is Cc1ccccc1C(=O)N1CCC(C(=O)N2CCO[C@H](CO)[C@H]2c2ccccc2)CC1. The molecule has 164 valence electrons. The smallest absolute Gasteiger partial charge is 0.254 e. The van der Waals surface area contributed by atoms with E-state index in [0.717, 1.165) is 16.7 Å². The van der Waals surface area contributed by atoms with Crippen LogP contribution >= 0.6 is 0 Å². The van der Waals surface area contributed by atoms with Crippen molar-refractivity contribution in [3.8, 4) is 0 Å². The normalized spacial score (nSPS) is 22.4. The zero-order valence-corrected chi connectivity index (χ0v) is 17.9. The quantitative estimate of drug-likeness (QED) is 0.823. The van der Waals surface area contributed by atoms with Crippen LogP contribution < -0.4 is 0 Å². The van der Waals surface area contributed by atoms with Crippen LogP contribution in [0.5, 0.6) is 0 Å². The van der Waals surface area contributed by atoms with Gasteiger partial charge in [-0.05, 0) is 37.0 Å². The molecular weight excluding hydrogens is 392 g/mol. The lowest BCUT2D eigenvalue weighted by Gasteiger charge is -2.43. The lowest BCUT2D eigenvalue weighted by atomic mass is 9.91. The molecule has 31 heavy (non-hydrogen) atoms. The van der Waals surface area contributed by atoms with E-state index in [1.54, 1.807) is 0 Å². The number of likely N-dealkylation sites (tertiary alicyclic amines) is 1. The van der Waals surface area contributed by atoms with Crippen molar-refractivity contribution in [2.75, 3.05) is 32.8 Å². The largest absolute Gasteiger partial charge is 0.394 e. The Bertz CT molecular complexity index is 909. The summed E-state index contributed by atoms with van der Waals surface area (Å²) in [5.41, 5.74) is 2.68. The van der Waals surface area contributed by atoms with E-state index in [2.05, 4.69) is 0 Å². The van der Waals surface area contributed by atoms with Crippen LogP contribution in [0, 0.1) is 12.8 Å². The molecule has 2 aromatic carbocycles. The molecule has 6 heteroatoms. The molecule has 0 saturated carbocycles. The zero-order valence-electron chi connectivity index (χ0n) is 17.9. The summed E-state index contributed by atoms with van der Waals surface area (Å²) in [5, 5.41) is 9.85. The molecular formula is C25H30N2O4. The number of hydrogen-bond acceptors (Lipinski definition) is 4. The van der Waals surface area contributed by atoms with Gasteiger partial charge in [0.05, 0.1) is 19.3 Å². The maximum absolute atomic E-state index is 13.5. The predicted molar refractivity (Wildman–Crippen MR) is 118 cm³/mol. The van der Waals surface area contributed by atoms with Gasteiger partial charge in [0.1, 0.15) is 6.10 Å². The van der Waals surface area contributed by atoms with Gasteiger partial charge in [0.2, 0.25) is 5.91 Å². The third-order valence-electron chi connectivity index (χ3n) is 6.46. The van der Waals surface area contributed by atoms with Gasteiger partial charge in [0, 0.05) is 31.1 Å². The predicted octanol–water partition coefficient (Wildman–Crippen LogP) is 2.81. The van der Waals surface area contributed by atoms with Crippen molar-refractivity contribution < 1.29 is 19.4 Å². The van der Waals surface area contributed by atoms with Gasteiger partial charge in [-0.25, -0.2) is 0 Å². The zero-order chi connectivity index (χ0) is 21.8. The van der Waals surface area contributed by atoms with Gasteiger partial charge >= 0.3 is 0 Å². The molecule has 2 heterocycles. The number of carbonyl (C=O) groups excluding carboxylic acids is 2. The number of rotatable bonds is 4. The van der Waals surface area contributed by atoms with Gasteiger partial charge in [-0.1, -0.05) is 48.5 Å². The molecule has 2 atom stereocenters. The van der Waals surface area contributed by atoms with E-state index < -0.39 is 6.10 Å². The van der Waals surface area contributed by atoms with Crippen LogP contribution in [0.3, 0.4) is 0 Å². The number of aliphatic hydroxyl groups excluding tert-OH is 1. The summed E-state index contributed by atoms with van der Waals surface area (Å²) in [5.74, 6) is 0.0149. The van der Waals surface area contributed by atoms with Gasteiger partial charge in [-0.2, -0.15) is 0 Å². The Kier molecular flexibility index (Phi) is 6.68. The van der Waals surface area contributed by atoms with E-state index in [1.165, 1.54) is 0 Å². The molecule has 0 radical (unpaired) electrons. The Balaban J connectivity index is 1.45. The monoisotopic (exact) mass is 422 g/mol. The number of aryl methyl sites for hydroxylation is 1. The number of morpholine rings is 1. The van der Waals surface area contributed by atoms with E-state index >= 15 is 0 Å². The molecule has 6 nitrogen and oxygen atoms in total. The minimum Gasteiger partial charge on any atom is -0.394 e. The van der Waals surface area contributed by atoms with E-state index in [-0.39, 0.29) is 30.4 Å². The highest BCUT2D eigenvalue weighted by molar-refractivity contribution is 5.95. The number of ether oxygens (including phenoxy) is 1. The summed E-state index contributed by atoms with van der Waals surface area (Å²) >= 11 is 0. The Morgan fingerprint density at radius 1 is 1.00 bits per heavy atom. The lowest BCUT2D eigenvalue weighted by Crippen LogP contribution is -2.52. The van der Waals surface area contributed by atoms with Crippen LogP contribution in [0.25, 0.3) is 0 Å². The molecule has 2 aliphatic rings. The Morgan fingerprint density at radius 3 is 2.35 bits per heavy atom. The average Bonchev–Trinajstić information content (AvgIpc) is 2.83. The number of amides is 2. The second kappa shape index (κ2) is 9.62. The first-order chi connectivity index (χ1) is 15.1. The molecule has 2 aromatic rings. The molecule has 2 fully saturated rings. The maximum atomic E-state index is 13.5. The molecule has 0 spiro atoms. The molecule has 2 saturated heterocycles.